The van der Waals surface area contributed by atoms with E-state index in [-0.39, 0.29) is 0 Å². The smallest absolute Gasteiger partial charge is 0.279 e. The lowest BCUT2D eigenvalue weighted by Crippen LogP contribution is -2.38. The Morgan fingerprint density at radius 3 is 2.31 bits per heavy atom. The fourth-order valence-electron chi connectivity index (χ4n) is 1.32. The molecular formula is C10H17N3O2S. The van der Waals surface area contributed by atoms with Crippen LogP contribution in [-0.2, 0) is 16.8 Å². The van der Waals surface area contributed by atoms with Gasteiger partial charge in [-0.3, -0.25) is 0 Å². The van der Waals surface area contributed by atoms with Gasteiger partial charge in [0.05, 0.1) is 0 Å². The number of nitrogen functional groups attached to an aromatic ring is 1. The van der Waals surface area contributed by atoms with Crippen LogP contribution in [0.4, 0.5) is 5.69 Å². The maximum absolute atomic E-state index is 11.6. The number of benzene rings is 1. The van der Waals surface area contributed by atoms with E-state index in [1.807, 2.05) is 12.1 Å². The van der Waals surface area contributed by atoms with Crippen molar-refractivity contribution in [1.82, 2.24) is 9.03 Å². The Balaban J connectivity index is 2.82. The van der Waals surface area contributed by atoms with Gasteiger partial charge in [0, 0.05) is 25.8 Å². The fourth-order valence-corrected chi connectivity index (χ4v) is 2.24. The van der Waals surface area contributed by atoms with Gasteiger partial charge < -0.3 is 5.73 Å². The van der Waals surface area contributed by atoms with Crippen LogP contribution in [0.5, 0.6) is 0 Å². The average molecular weight is 243 g/mol. The number of nitrogens with zero attached hydrogens (tertiary/aromatic N) is 1. The fraction of sp³-hybridized carbons (Fsp3) is 0.400. The molecule has 0 saturated heterocycles. The molecular weight excluding hydrogens is 226 g/mol. The van der Waals surface area contributed by atoms with Gasteiger partial charge in [0.25, 0.3) is 10.2 Å². The monoisotopic (exact) mass is 243 g/mol. The van der Waals surface area contributed by atoms with E-state index in [2.05, 4.69) is 4.72 Å². The Bertz CT molecular complexity index is 428. The zero-order valence-electron chi connectivity index (χ0n) is 9.47. The Kier molecular flexibility index (Phi) is 4.28. The molecule has 1 aromatic carbocycles. The zero-order chi connectivity index (χ0) is 12.2. The third kappa shape index (κ3) is 3.19. The Morgan fingerprint density at radius 2 is 1.88 bits per heavy atom. The standard InChI is InChI=1S/C10H17N3O2S/c1-3-13(16(14,15)12-2)8-9-4-6-10(11)7-5-9/h4-7,12H,3,8,11H2,1-2H3. The minimum atomic E-state index is -3.37. The van der Waals surface area contributed by atoms with E-state index in [0.717, 1.165) is 5.56 Å². The summed E-state index contributed by atoms with van der Waals surface area (Å²) in [5.41, 5.74) is 7.14. The first-order valence-corrected chi connectivity index (χ1v) is 6.46. The van der Waals surface area contributed by atoms with Crippen LogP contribution in [0.25, 0.3) is 0 Å². The molecule has 0 aliphatic carbocycles. The largest absolute Gasteiger partial charge is 0.399 e. The number of hydrogen-bond acceptors (Lipinski definition) is 3. The lowest BCUT2D eigenvalue weighted by molar-refractivity contribution is 0.417. The van der Waals surface area contributed by atoms with Crippen LogP contribution < -0.4 is 10.5 Å². The lowest BCUT2D eigenvalue weighted by atomic mass is 10.2. The molecule has 0 bridgehead atoms. The first kappa shape index (κ1) is 13.0. The number of nitrogens with one attached hydrogen (secondary N) is 1. The second kappa shape index (κ2) is 5.29. The van der Waals surface area contributed by atoms with Gasteiger partial charge in [-0.2, -0.15) is 12.7 Å². The molecule has 0 saturated carbocycles. The molecule has 0 fully saturated rings. The SMILES string of the molecule is CCN(Cc1ccc(N)cc1)S(=O)(=O)NC. The average Bonchev–Trinajstić information content (AvgIpc) is 2.28. The van der Waals surface area contributed by atoms with Gasteiger partial charge in [0.1, 0.15) is 0 Å². The molecule has 90 valence electrons. The maximum atomic E-state index is 11.6. The molecule has 0 aliphatic heterocycles. The minimum absolute atomic E-state index is 0.347. The van der Waals surface area contributed by atoms with Crippen molar-refractivity contribution in [3.05, 3.63) is 29.8 Å². The first-order chi connectivity index (χ1) is 7.49. The summed E-state index contributed by atoms with van der Waals surface area (Å²) >= 11 is 0. The van der Waals surface area contributed by atoms with E-state index >= 15 is 0 Å². The number of hydrogen-bond donors (Lipinski definition) is 2. The Labute approximate surface area is 96.4 Å². The van der Waals surface area contributed by atoms with Crippen LogP contribution >= 0.6 is 0 Å². The van der Waals surface area contributed by atoms with Crippen molar-refractivity contribution in [3.63, 3.8) is 0 Å². The predicted octanol–water partition coefficient (Wildman–Crippen LogP) is 0.555. The van der Waals surface area contributed by atoms with Crippen molar-refractivity contribution >= 4 is 15.9 Å². The summed E-state index contributed by atoms with van der Waals surface area (Å²) in [7, 11) is -1.96. The summed E-state index contributed by atoms with van der Waals surface area (Å²) < 4.78 is 26.8. The molecule has 0 spiro atoms. The topological polar surface area (TPSA) is 75.4 Å². The molecule has 0 unspecified atom stereocenters. The number of nitrogens with two attached hydrogens (primary N) is 1. The molecule has 1 aromatic rings. The highest BCUT2D eigenvalue weighted by Gasteiger charge is 2.17. The molecule has 0 atom stereocenters. The molecule has 0 radical (unpaired) electrons. The maximum Gasteiger partial charge on any atom is 0.279 e. The normalized spacial score (nSPS) is 11.9. The van der Waals surface area contributed by atoms with E-state index in [0.29, 0.717) is 18.8 Å². The van der Waals surface area contributed by atoms with Crippen LogP contribution in [0.1, 0.15) is 12.5 Å². The van der Waals surface area contributed by atoms with Crippen molar-refractivity contribution in [3.8, 4) is 0 Å². The van der Waals surface area contributed by atoms with Gasteiger partial charge in [-0.25, -0.2) is 4.72 Å². The molecule has 0 aliphatic rings. The first-order valence-electron chi connectivity index (χ1n) is 5.02. The molecule has 16 heavy (non-hydrogen) atoms. The quantitative estimate of drug-likeness (QED) is 0.742. The van der Waals surface area contributed by atoms with Crippen molar-refractivity contribution in [2.75, 3.05) is 19.3 Å². The van der Waals surface area contributed by atoms with Crippen LogP contribution in [0.2, 0.25) is 0 Å². The van der Waals surface area contributed by atoms with Crippen molar-refractivity contribution in [1.29, 1.82) is 0 Å². The summed E-state index contributed by atoms with van der Waals surface area (Å²) in [5.74, 6) is 0. The molecule has 0 aromatic heterocycles. The van der Waals surface area contributed by atoms with Gasteiger partial charge in [-0.15, -0.1) is 0 Å². The van der Waals surface area contributed by atoms with Gasteiger partial charge in [-0.05, 0) is 17.7 Å². The second-order valence-electron chi connectivity index (χ2n) is 3.38. The predicted molar refractivity (Wildman–Crippen MR) is 64.9 cm³/mol. The van der Waals surface area contributed by atoms with Gasteiger partial charge in [0.15, 0.2) is 0 Å². The van der Waals surface area contributed by atoms with Crippen molar-refractivity contribution in [2.24, 2.45) is 0 Å². The van der Waals surface area contributed by atoms with E-state index in [9.17, 15) is 8.42 Å². The molecule has 6 heteroatoms. The highest BCUT2D eigenvalue weighted by molar-refractivity contribution is 7.87. The Hall–Kier alpha value is -1.11. The molecule has 0 amide bonds. The molecule has 1 rings (SSSR count). The Morgan fingerprint density at radius 1 is 1.31 bits per heavy atom. The minimum Gasteiger partial charge on any atom is -0.399 e. The van der Waals surface area contributed by atoms with Gasteiger partial charge in [0.2, 0.25) is 0 Å². The van der Waals surface area contributed by atoms with Crippen molar-refractivity contribution in [2.45, 2.75) is 13.5 Å². The molecule has 0 heterocycles. The second-order valence-corrected chi connectivity index (χ2v) is 5.25. The van der Waals surface area contributed by atoms with Crippen LogP contribution in [-0.4, -0.2) is 26.3 Å². The van der Waals surface area contributed by atoms with Crippen LogP contribution in [0.3, 0.4) is 0 Å². The van der Waals surface area contributed by atoms with E-state index < -0.39 is 10.2 Å². The summed E-state index contributed by atoms with van der Waals surface area (Å²) in [5, 5.41) is 0. The van der Waals surface area contributed by atoms with E-state index in [1.54, 1.807) is 19.1 Å². The number of anilines is 1. The van der Waals surface area contributed by atoms with Gasteiger partial charge in [-0.1, -0.05) is 19.1 Å². The summed E-state index contributed by atoms with van der Waals surface area (Å²) in [4.78, 5) is 0. The summed E-state index contributed by atoms with van der Waals surface area (Å²) in [6.45, 7) is 2.57. The highest BCUT2D eigenvalue weighted by Crippen LogP contribution is 2.10. The third-order valence-corrected chi connectivity index (χ3v) is 3.87. The molecule has 5 nitrogen and oxygen atoms in total. The number of rotatable bonds is 5. The highest BCUT2D eigenvalue weighted by atomic mass is 32.2. The van der Waals surface area contributed by atoms with E-state index in [1.165, 1.54) is 11.4 Å². The molecule has 3 N–H and O–H groups in total. The zero-order valence-corrected chi connectivity index (χ0v) is 10.3. The van der Waals surface area contributed by atoms with Crippen LogP contribution in [0, 0.1) is 0 Å². The van der Waals surface area contributed by atoms with Crippen LogP contribution in [0.15, 0.2) is 24.3 Å². The van der Waals surface area contributed by atoms with E-state index in [4.69, 9.17) is 5.73 Å². The third-order valence-electron chi connectivity index (χ3n) is 2.29. The summed E-state index contributed by atoms with van der Waals surface area (Å²) in [6, 6.07) is 7.16. The lowest BCUT2D eigenvalue weighted by Gasteiger charge is -2.19. The van der Waals surface area contributed by atoms with Gasteiger partial charge >= 0.3 is 0 Å². The summed E-state index contributed by atoms with van der Waals surface area (Å²) in [6.07, 6.45) is 0. The van der Waals surface area contributed by atoms with Crippen molar-refractivity contribution < 1.29 is 8.42 Å².